The van der Waals surface area contributed by atoms with Crippen molar-refractivity contribution in [3.05, 3.63) is 131 Å². The van der Waals surface area contributed by atoms with Gasteiger partial charge in [0.05, 0.1) is 0 Å². The molecule has 250 valence electrons. The first-order chi connectivity index (χ1) is 22.7. The fraction of sp³-hybridized carbons (Fsp3) is 0.318. The van der Waals surface area contributed by atoms with Crippen molar-refractivity contribution in [1.82, 2.24) is 0 Å². The summed E-state index contributed by atoms with van der Waals surface area (Å²) in [6, 6.07) is 40.4. The number of halogens is 2. The van der Waals surface area contributed by atoms with E-state index in [2.05, 4.69) is 185 Å². The van der Waals surface area contributed by atoms with Gasteiger partial charge in [0.2, 0.25) is 0 Å². The molecule has 48 heavy (non-hydrogen) atoms. The monoisotopic (exact) mass is 768 g/mol. The van der Waals surface area contributed by atoms with E-state index >= 15 is 0 Å². The fourth-order valence-corrected chi connectivity index (χ4v) is 5.78. The summed E-state index contributed by atoms with van der Waals surface area (Å²) in [4.78, 5) is 0. The van der Waals surface area contributed by atoms with Crippen molar-refractivity contribution in [1.29, 1.82) is 0 Å². The zero-order valence-corrected chi connectivity index (χ0v) is 35.7. The molecule has 0 N–H and O–H groups in total. The molecule has 4 heteroatoms. The second-order valence-electron chi connectivity index (χ2n) is 14.8. The predicted octanol–water partition coefficient (Wildman–Crippen LogP) is 14.6. The van der Waals surface area contributed by atoms with Gasteiger partial charge in [-0.1, -0.05) is 147 Å². The Morgan fingerprint density at radius 2 is 1.15 bits per heavy atom. The van der Waals surface area contributed by atoms with Crippen LogP contribution in [0.1, 0.15) is 83.6 Å². The Balaban J connectivity index is 0.000000225. The average molecular weight is 771 g/mol. The zero-order chi connectivity index (χ0) is 35.6. The molecule has 0 fully saturated rings. The van der Waals surface area contributed by atoms with Crippen molar-refractivity contribution >= 4 is 48.1 Å². The Morgan fingerprint density at radius 3 is 1.60 bits per heavy atom. The summed E-state index contributed by atoms with van der Waals surface area (Å²) < 4.78 is 0. The van der Waals surface area contributed by atoms with Crippen LogP contribution in [0, 0.1) is 6.92 Å². The van der Waals surface area contributed by atoms with Gasteiger partial charge in [0, 0.05) is 9.52 Å². The third kappa shape index (κ3) is 10.6. The first-order valence-corrected chi connectivity index (χ1v) is 25.1. The molecule has 0 saturated heterocycles. The summed E-state index contributed by atoms with van der Waals surface area (Å²) in [6.45, 7) is 24.5. The molecule has 0 heterocycles. The predicted molar refractivity (Wildman–Crippen MR) is 215 cm³/mol. The molecule has 0 aliphatic carbocycles. The van der Waals surface area contributed by atoms with Crippen molar-refractivity contribution in [3.63, 3.8) is 0 Å². The van der Waals surface area contributed by atoms with Gasteiger partial charge in [0.15, 0.2) is 0 Å². The number of hydrogen-bond donors (Lipinski definition) is 0. The number of benzene rings is 4. The van der Waals surface area contributed by atoms with Gasteiger partial charge in [-0.3, -0.25) is 0 Å². The zero-order valence-electron chi connectivity index (χ0n) is 30.7. The summed E-state index contributed by atoms with van der Waals surface area (Å²) in [5.74, 6) is 0.573. The van der Waals surface area contributed by atoms with Gasteiger partial charge in [0.1, 0.15) is 0 Å². The normalized spacial score (nSPS) is 11.2. The van der Waals surface area contributed by atoms with E-state index in [4.69, 9.17) is 17.0 Å². The van der Waals surface area contributed by atoms with Crippen molar-refractivity contribution in [3.8, 4) is 22.3 Å². The Kier molecular flexibility index (Phi) is 15.2. The van der Waals surface area contributed by atoms with E-state index in [-0.39, 0.29) is 10.8 Å². The quantitative estimate of drug-likeness (QED) is 0.124. The molecule has 0 aromatic heterocycles. The SMILES string of the molecule is CC(C)c1cc2c(-c3ccc(C(C)(C)C)cc3)cccc2[cH-]1.C[Si]C.Cc1ccc(-c2ccc(C(C)(C)C)cc2)c2cc[cH-]c12.[Cl][Zr+2][Cl]. The van der Waals surface area contributed by atoms with E-state index in [1.54, 1.807) is 0 Å². The van der Waals surface area contributed by atoms with E-state index in [0.717, 1.165) is 9.52 Å². The molecule has 6 aromatic rings. The van der Waals surface area contributed by atoms with Crippen molar-refractivity contribution in [2.45, 2.75) is 92.2 Å². The van der Waals surface area contributed by atoms with Crippen LogP contribution in [-0.4, -0.2) is 9.52 Å². The van der Waals surface area contributed by atoms with Gasteiger partial charge in [-0.05, 0) is 39.0 Å². The molecule has 0 spiro atoms. The van der Waals surface area contributed by atoms with Gasteiger partial charge in [-0.15, -0.1) is 63.0 Å². The van der Waals surface area contributed by atoms with Crippen molar-refractivity contribution in [2.24, 2.45) is 0 Å². The molecule has 0 aliphatic rings. The van der Waals surface area contributed by atoms with Gasteiger partial charge in [0.25, 0.3) is 0 Å². The summed E-state index contributed by atoms with van der Waals surface area (Å²) >= 11 is -0.826. The van der Waals surface area contributed by atoms with E-state index in [1.807, 2.05) is 0 Å². The van der Waals surface area contributed by atoms with Crippen LogP contribution in [0.3, 0.4) is 0 Å². The molecular formula is C44H52Cl2SiZr. The first kappa shape index (κ1) is 40.2. The maximum atomic E-state index is 4.93. The maximum absolute atomic E-state index is 4.93. The summed E-state index contributed by atoms with van der Waals surface area (Å²) in [6.07, 6.45) is 0. The Hall–Kier alpha value is -2.22. The van der Waals surface area contributed by atoms with Crippen LogP contribution in [0.15, 0.2) is 109 Å². The molecule has 0 aliphatic heterocycles. The van der Waals surface area contributed by atoms with Crippen LogP contribution in [-0.2, 0) is 31.7 Å². The van der Waals surface area contributed by atoms with Crippen LogP contribution in [0.25, 0.3) is 43.8 Å². The molecule has 2 radical (unpaired) electrons. The number of hydrogen-bond acceptors (Lipinski definition) is 0. The second kappa shape index (κ2) is 18.1. The summed E-state index contributed by atoms with van der Waals surface area (Å²) in [5, 5.41) is 5.44. The Bertz CT molecular complexity index is 1840. The standard InChI is InChI=1S/C22H25.C20H21.C2H6Si.2ClH.Zr/c1-15(2)18-13-17-7-6-8-20(21(17)14-18)16-9-11-19(12-10-16)22(3,4)5;1-14-8-13-18(19-7-5-6-17(14)19)15-9-11-16(12-10-15)20(2,3)4;1-3-2;;;/h6-15H,1-5H3;5-13H,1-4H3;1-2H3;2*1H;/q2*-1;;;;+4/p-2. The minimum atomic E-state index is -0.826. The Labute approximate surface area is 312 Å². The van der Waals surface area contributed by atoms with Crippen LogP contribution >= 0.6 is 17.0 Å². The van der Waals surface area contributed by atoms with Crippen LogP contribution in [0.5, 0.6) is 0 Å². The third-order valence-electron chi connectivity index (χ3n) is 8.59. The van der Waals surface area contributed by atoms with Crippen LogP contribution in [0.2, 0.25) is 13.1 Å². The van der Waals surface area contributed by atoms with E-state index in [9.17, 15) is 0 Å². The van der Waals surface area contributed by atoms with E-state index in [0.29, 0.717) is 5.92 Å². The second-order valence-corrected chi connectivity index (χ2v) is 19.5. The van der Waals surface area contributed by atoms with Gasteiger partial charge < -0.3 is 0 Å². The third-order valence-corrected chi connectivity index (χ3v) is 8.59. The number of rotatable bonds is 3. The van der Waals surface area contributed by atoms with E-state index in [1.165, 1.54) is 66.1 Å². The molecule has 6 rings (SSSR count). The number of fused-ring (bicyclic) bond motifs is 2. The molecule has 0 atom stereocenters. The topological polar surface area (TPSA) is 0 Å². The average Bonchev–Trinajstić information content (AvgIpc) is 3.71. The Morgan fingerprint density at radius 1 is 0.667 bits per heavy atom. The molecule has 0 nitrogen and oxygen atoms in total. The molecule has 0 amide bonds. The van der Waals surface area contributed by atoms with Crippen LogP contribution in [0.4, 0.5) is 0 Å². The fourth-order valence-electron chi connectivity index (χ4n) is 5.78. The molecule has 0 unspecified atom stereocenters. The van der Waals surface area contributed by atoms with E-state index < -0.39 is 20.8 Å². The summed E-state index contributed by atoms with van der Waals surface area (Å²) in [7, 11) is 11.0. The van der Waals surface area contributed by atoms with Gasteiger partial charge >= 0.3 is 37.9 Å². The van der Waals surface area contributed by atoms with Crippen molar-refractivity contribution < 1.29 is 20.8 Å². The molecule has 0 bridgehead atoms. The van der Waals surface area contributed by atoms with Gasteiger partial charge in [-0.25, -0.2) is 0 Å². The van der Waals surface area contributed by atoms with Crippen molar-refractivity contribution in [2.75, 3.05) is 0 Å². The first-order valence-electron chi connectivity index (χ1n) is 16.8. The minimum absolute atomic E-state index is 0.204. The molecule has 6 aromatic carbocycles. The van der Waals surface area contributed by atoms with Crippen LogP contribution < -0.4 is 0 Å². The molecular weight excluding hydrogens is 719 g/mol. The summed E-state index contributed by atoms with van der Waals surface area (Å²) in [5.41, 5.74) is 11.2. The molecule has 0 saturated carbocycles. The number of aryl methyl sites for hydroxylation is 1. The van der Waals surface area contributed by atoms with Gasteiger partial charge in [-0.2, -0.15) is 18.2 Å².